The largest absolute Gasteiger partial charge is 0.310 e. The molecule has 5 aliphatic rings. The lowest BCUT2D eigenvalue weighted by molar-refractivity contribution is -0.124. The van der Waals surface area contributed by atoms with Crippen LogP contribution in [0.3, 0.4) is 0 Å². The molecule has 0 spiro atoms. The molecule has 0 atom stereocenters. The van der Waals surface area contributed by atoms with Crippen LogP contribution in [-0.4, -0.2) is 42.0 Å². The second-order valence-corrected chi connectivity index (χ2v) is 13.7. The predicted molar refractivity (Wildman–Crippen MR) is 133 cm³/mol. The zero-order valence-electron chi connectivity index (χ0n) is 20.4. The molecule has 8 heteroatoms. The summed E-state index contributed by atoms with van der Waals surface area (Å²) < 4.78 is 23.4. The third kappa shape index (κ3) is 4.75. The first-order valence-electron chi connectivity index (χ1n) is 12.9. The predicted octanol–water partition coefficient (Wildman–Crippen LogP) is 3.98. The van der Waals surface area contributed by atoms with E-state index in [0.717, 1.165) is 54.1 Å². The van der Waals surface area contributed by atoms with Gasteiger partial charge in [-0.05, 0) is 85.8 Å². The highest BCUT2D eigenvalue weighted by atomic mass is 32.2. The van der Waals surface area contributed by atoms with E-state index in [1.165, 1.54) is 44.8 Å². The van der Waals surface area contributed by atoms with Gasteiger partial charge in [0.25, 0.3) is 0 Å². The number of hydrogen-bond acceptors (Lipinski definition) is 6. The van der Waals surface area contributed by atoms with E-state index in [-0.39, 0.29) is 11.3 Å². The second kappa shape index (κ2) is 8.66. The smallest absolute Gasteiger partial charge is 0.226 e. The van der Waals surface area contributed by atoms with Gasteiger partial charge >= 0.3 is 0 Å². The van der Waals surface area contributed by atoms with Crippen LogP contribution in [0.15, 0.2) is 35.5 Å². The Bertz CT molecular complexity index is 1210. The normalized spacial score (nSPS) is 29.7. The number of benzene rings is 1. The summed E-state index contributed by atoms with van der Waals surface area (Å²) in [6, 6.07) is 7.09. The average molecular weight is 495 g/mol. The van der Waals surface area contributed by atoms with E-state index in [1.54, 1.807) is 18.5 Å². The van der Waals surface area contributed by atoms with E-state index >= 15 is 0 Å². The van der Waals surface area contributed by atoms with Crippen LogP contribution in [0, 0.1) is 23.2 Å². The molecule has 4 saturated carbocycles. The van der Waals surface area contributed by atoms with Crippen molar-refractivity contribution in [3.63, 3.8) is 0 Å². The lowest BCUT2D eigenvalue weighted by atomic mass is 9.49. The lowest BCUT2D eigenvalue weighted by Gasteiger charge is -2.56. The van der Waals surface area contributed by atoms with Crippen LogP contribution in [0.4, 0.5) is 5.82 Å². The zero-order chi connectivity index (χ0) is 24.2. The van der Waals surface area contributed by atoms with Gasteiger partial charge in [-0.2, -0.15) is 0 Å². The third-order valence-electron chi connectivity index (χ3n) is 8.80. The summed E-state index contributed by atoms with van der Waals surface area (Å²) in [5.74, 6) is 3.32. The Labute approximate surface area is 207 Å². The van der Waals surface area contributed by atoms with Crippen molar-refractivity contribution in [1.82, 2.24) is 14.9 Å². The van der Waals surface area contributed by atoms with E-state index in [1.807, 2.05) is 12.1 Å². The van der Waals surface area contributed by atoms with Gasteiger partial charge in [0, 0.05) is 37.9 Å². The van der Waals surface area contributed by atoms with Crippen LogP contribution < -0.4 is 5.32 Å². The van der Waals surface area contributed by atoms with Gasteiger partial charge in [-0.15, -0.1) is 0 Å². The highest BCUT2D eigenvalue weighted by Gasteiger charge is 2.51. The van der Waals surface area contributed by atoms with Gasteiger partial charge in [-0.1, -0.05) is 12.1 Å². The maximum Gasteiger partial charge on any atom is 0.226 e. The molecule has 1 N–H and O–H groups in total. The van der Waals surface area contributed by atoms with Gasteiger partial charge in [-0.25, -0.2) is 18.4 Å². The Morgan fingerprint density at radius 2 is 1.71 bits per heavy atom. The Hall–Kier alpha value is -2.32. The number of nitrogens with one attached hydrogen (secondary N) is 1. The lowest BCUT2D eigenvalue weighted by Crippen LogP contribution is -2.47. The average Bonchev–Trinajstić information content (AvgIpc) is 2.77. The van der Waals surface area contributed by atoms with Gasteiger partial charge in [0.05, 0.1) is 10.6 Å². The van der Waals surface area contributed by atoms with Gasteiger partial charge in [0.2, 0.25) is 5.91 Å². The number of aromatic nitrogens is 2. The molecule has 0 radical (unpaired) electrons. The minimum absolute atomic E-state index is 0.112. The molecule has 4 aliphatic carbocycles. The highest BCUT2D eigenvalue weighted by Crippen LogP contribution is 2.61. The molecule has 1 aliphatic heterocycles. The minimum Gasteiger partial charge on any atom is -0.310 e. The summed E-state index contributed by atoms with van der Waals surface area (Å²) in [5.41, 5.74) is 3.30. The molecule has 7 rings (SSSR count). The fourth-order valence-corrected chi connectivity index (χ4v) is 8.41. The van der Waals surface area contributed by atoms with E-state index < -0.39 is 9.84 Å². The number of anilines is 1. The quantitative estimate of drug-likeness (QED) is 0.653. The summed E-state index contributed by atoms with van der Waals surface area (Å²) >= 11 is 0. The maximum atomic E-state index is 13.2. The molecular formula is C27H34N4O3S. The summed E-state index contributed by atoms with van der Waals surface area (Å²) in [6.45, 7) is 2.25. The first-order chi connectivity index (χ1) is 16.7. The van der Waals surface area contributed by atoms with Crippen molar-refractivity contribution in [3.8, 4) is 0 Å². The van der Waals surface area contributed by atoms with Crippen molar-refractivity contribution in [2.45, 2.75) is 69.4 Å². The molecule has 1 aromatic heterocycles. The number of rotatable bonds is 6. The Kier molecular flexibility index (Phi) is 5.72. The first-order valence-corrected chi connectivity index (χ1v) is 14.8. The molecule has 35 heavy (non-hydrogen) atoms. The topological polar surface area (TPSA) is 92.3 Å². The van der Waals surface area contributed by atoms with Gasteiger partial charge in [-0.3, -0.25) is 9.69 Å². The molecule has 7 nitrogen and oxygen atoms in total. The number of amides is 1. The summed E-state index contributed by atoms with van der Waals surface area (Å²) in [5, 5.41) is 3.16. The molecular weight excluding hydrogens is 460 g/mol. The van der Waals surface area contributed by atoms with Crippen LogP contribution in [0.25, 0.3) is 0 Å². The van der Waals surface area contributed by atoms with Crippen LogP contribution >= 0.6 is 0 Å². The van der Waals surface area contributed by atoms with Crippen molar-refractivity contribution >= 4 is 21.6 Å². The summed E-state index contributed by atoms with van der Waals surface area (Å²) in [6.07, 6.45) is 12.1. The van der Waals surface area contributed by atoms with Crippen molar-refractivity contribution < 1.29 is 13.2 Å². The highest BCUT2D eigenvalue weighted by molar-refractivity contribution is 7.90. The number of carbonyl (C=O) groups excluding carboxylic acids is 1. The number of hydrogen-bond donors (Lipinski definition) is 1. The zero-order valence-corrected chi connectivity index (χ0v) is 21.2. The number of nitrogens with zero attached hydrogens (tertiary/aromatic N) is 3. The summed E-state index contributed by atoms with van der Waals surface area (Å²) in [4.78, 5) is 24.8. The molecule has 2 aromatic rings. The van der Waals surface area contributed by atoms with E-state index in [2.05, 4.69) is 20.2 Å². The molecule has 0 saturated heterocycles. The molecule has 1 aromatic carbocycles. The van der Waals surface area contributed by atoms with Crippen molar-refractivity contribution in [3.05, 3.63) is 47.4 Å². The molecule has 0 unspecified atom stereocenters. The fourth-order valence-electron chi connectivity index (χ4n) is 7.77. The van der Waals surface area contributed by atoms with Crippen molar-refractivity contribution in [2.24, 2.45) is 23.2 Å². The van der Waals surface area contributed by atoms with E-state index in [4.69, 9.17) is 0 Å². The molecule has 1 amide bonds. The van der Waals surface area contributed by atoms with E-state index in [9.17, 15) is 13.2 Å². The fraction of sp³-hybridized carbons (Fsp3) is 0.593. The van der Waals surface area contributed by atoms with Gasteiger partial charge in [0.15, 0.2) is 9.84 Å². The maximum absolute atomic E-state index is 13.2. The minimum atomic E-state index is -3.19. The molecule has 186 valence electrons. The standard InChI is InChI=1S/C27H34N4O3S/c1-35(33,34)22-4-2-18(3-5-22)15-31-7-6-23-24(16-31)28-17-29-26(23)30-25(32)14-27-11-19-8-20(12-27)10-21(9-19)13-27/h2-5,17,19-21H,6-16H2,1H3,(H,28,29,30,32). The van der Waals surface area contributed by atoms with Crippen LogP contribution in [0.5, 0.6) is 0 Å². The van der Waals surface area contributed by atoms with Gasteiger partial charge in [0.1, 0.15) is 12.1 Å². The second-order valence-electron chi connectivity index (χ2n) is 11.7. The Balaban J connectivity index is 1.10. The SMILES string of the molecule is CS(=O)(=O)c1ccc(CN2CCc3c(ncnc3NC(=O)CC34CC5CC(CC(C5)C3)C4)C2)cc1. The number of sulfone groups is 1. The molecule has 2 heterocycles. The first kappa shape index (κ1) is 23.1. The van der Waals surface area contributed by atoms with Crippen LogP contribution in [0.2, 0.25) is 0 Å². The monoisotopic (exact) mass is 494 g/mol. The van der Waals surface area contributed by atoms with E-state index in [0.29, 0.717) is 23.7 Å². The Morgan fingerprint density at radius 3 is 2.34 bits per heavy atom. The molecule has 4 fully saturated rings. The van der Waals surface area contributed by atoms with Gasteiger partial charge < -0.3 is 5.32 Å². The van der Waals surface area contributed by atoms with Crippen LogP contribution in [0.1, 0.15) is 61.8 Å². The summed E-state index contributed by atoms with van der Waals surface area (Å²) in [7, 11) is -3.19. The number of fused-ring (bicyclic) bond motifs is 1. The molecule has 4 bridgehead atoms. The Morgan fingerprint density at radius 1 is 1.06 bits per heavy atom. The van der Waals surface area contributed by atoms with Crippen molar-refractivity contribution in [2.75, 3.05) is 18.1 Å². The van der Waals surface area contributed by atoms with Crippen LogP contribution in [-0.2, 0) is 34.1 Å². The third-order valence-corrected chi connectivity index (χ3v) is 9.93. The van der Waals surface area contributed by atoms with Crippen molar-refractivity contribution in [1.29, 1.82) is 0 Å². The number of carbonyl (C=O) groups is 1.